The molecule has 0 heterocycles. The fourth-order valence-corrected chi connectivity index (χ4v) is 1.94. The van der Waals surface area contributed by atoms with E-state index in [1.54, 1.807) is 4.90 Å². The van der Waals surface area contributed by atoms with Crippen molar-refractivity contribution >= 4 is 6.09 Å². The van der Waals surface area contributed by atoms with Gasteiger partial charge in [-0.15, -0.1) is 0 Å². The van der Waals surface area contributed by atoms with Gasteiger partial charge in [-0.05, 0) is 61.3 Å². The molecule has 0 aromatic heterocycles. The van der Waals surface area contributed by atoms with Crippen molar-refractivity contribution in [2.45, 2.75) is 78.5 Å². The Morgan fingerprint density at radius 3 is 2.24 bits per heavy atom. The second kappa shape index (κ2) is 8.59. The number of aliphatic hydroxyl groups excluding tert-OH is 1. The predicted octanol–water partition coefficient (Wildman–Crippen LogP) is 2.77. The molecule has 5 nitrogen and oxygen atoms in total. The SMILES string of the molecule is CC(CCCO)NCCN(C(=O)OC(C)(C)C)C(C)(C)C. The largest absolute Gasteiger partial charge is 0.444 e. The van der Waals surface area contributed by atoms with Crippen LogP contribution >= 0.6 is 0 Å². The molecule has 0 aromatic carbocycles. The fraction of sp³-hybridized carbons (Fsp3) is 0.938. The summed E-state index contributed by atoms with van der Waals surface area (Å²) < 4.78 is 5.47. The maximum Gasteiger partial charge on any atom is 0.410 e. The highest BCUT2D eigenvalue weighted by atomic mass is 16.6. The molecule has 0 radical (unpaired) electrons. The highest BCUT2D eigenvalue weighted by Crippen LogP contribution is 2.18. The van der Waals surface area contributed by atoms with E-state index in [9.17, 15) is 4.79 Å². The molecule has 1 amide bonds. The number of hydrogen-bond donors (Lipinski definition) is 2. The van der Waals surface area contributed by atoms with Crippen LogP contribution in [0.1, 0.15) is 61.3 Å². The first-order valence-electron chi connectivity index (χ1n) is 7.82. The van der Waals surface area contributed by atoms with E-state index in [0.717, 1.165) is 12.8 Å². The third kappa shape index (κ3) is 9.69. The van der Waals surface area contributed by atoms with E-state index in [0.29, 0.717) is 19.1 Å². The van der Waals surface area contributed by atoms with E-state index in [4.69, 9.17) is 9.84 Å². The number of nitrogens with zero attached hydrogens (tertiary/aromatic N) is 1. The van der Waals surface area contributed by atoms with Gasteiger partial charge in [0.05, 0.1) is 0 Å². The molecular formula is C16H34N2O3. The molecule has 21 heavy (non-hydrogen) atoms. The number of aliphatic hydroxyl groups is 1. The van der Waals surface area contributed by atoms with Gasteiger partial charge in [-0.2, -0.15) is 0 Å². The maximum absolute atomic E-state index is 12.3. The molecule has 0 spiro atoms. The molecule has 1 atom stereocenters. The van der Waals surface area contributed by atoms with Crippen LogP contribution in [0.4, 0.5) is 4.79 Å². The van der Waals surface area contributed by atoms with Crippen molar-refractivity contribution < 1.29 is 14.6 Å². The van der Waals surface area contributed by atoms with Crippen LogP contribution in [0.15, 0.2) is 0 Å². The number of carbonyl (C=O) groups is 1. The summed E-state index contributed by atoms with van der Waals surface area (Å²) in [7, 11) is 0. The van der Waals surface area contributed by atoms with Crippen molar-refractivity contribution in [2.24, 2.45) is 0 Å². The van der Waals surface area contributed by atoms with Gasteiger partial charge < -0.3 is 20.1 Å². The molecular weight excluding hydrogens is 268 g/mol. The quantitative estimate of drug-likeness (QED) is 0.759. The van der Waals surface area contributed by atoms with Gasteiger partial charge in [0.1, 0.15) is 5.60 Å². The number of ether oxygens (including phenoxy) is 1. The topological polar surface area (TPSA) is 61.8 Å². The van der Waals surface area contributed by atoms with Gasteiger partial charge >= 0.3 is 6.09 Å². The summed E-state index contributed by atoms with van der Waals surface area (Å²) >= 11 is 0. The fourth-order valence-electron chi connectivity index (χ4n) is 1.94. The number of hydrogen-bond acceptors (Lipinski definition) is 4. The molecule has 2 N–H and O–H groups in total. The Bertz CT molecular complexity index is 306. The maximum atomic E-state index is 12.3. The number of rotatable bonds is 7. The van der Waals surface area contributed by atoms with E-state index >= 15 is 0 Å². The Morgan fingerprint density at radius 2 is 1.81 bits per heavy atom. The van der Waals surface area contributed by atoms with Gasteiger partial charge in [-0.25, -0.2) is 4.79 Å². The van der Waals surface area contributed by atoms with Crippen molar-refractivity contribution in [1.29, 1.82) is 0 Å². The minimum absolute atomic E-state index is 0.220. The third-order valence-corrected chi connectivity index (χ3v) is 3.05. The van der Waals surface area contributed by atoms with Gasteiger partial charge in [-0.1, -0.05) is 0 Å². The Hall–Kier alpha value is -0.810. The second-order valence-corrected chi connectivity index (χ2v) is 7.52. The molecule has 0 bridgehead atoms. The first-order valence-corrected chi connectivity index (χ1v) is 7.82. The average Bonchev–Trinajstić information content (AvgIpc) is 2.27. The normalized spacial score (nSPS) is 13.9. The summed E-state index contributed by atoms with van der Waals surface area (Å²) in [6, 6.07) is 0.331. The zero-order chi connectivity index (χ0) is 16.7. The summed E-state index contributed by atoms with van der Waals surface area (Å²) in [6.45, 7) is 15.3. The summed E-state index contributed by atoms with van der Waals surface area (Å²) in [5.74, 6) is 0. The molecule has 126 valence electrons. The molecule has 5 heteroatoms. The molecule has 0 fully saturated rings. The monoisotopic (exact) mass is 302 g/mol. The standard InChI is InChI=1S/C16H34N2O3/c1-13(9-8-12-19)17-10-11-18(15(2,3)4)14(20)21-16(5,6)7/h13,17,19H,8-12H2,1-7H3. The summed E-state index contributed by atoms with van der Waals surface area (Å²) in [4.78, 5) is 14.1. The van der Waals surface area contributed by atoms with Crippen molar-refractivity contribution in [1.82, 2.24) is 10.2 Å². The van der Waals surface area contributed by atoms with Gasteiger partial charge in [0, 0.05) is 31.3 Å². The zero-order valence-electron chi connectivity index (χ0n) is 14.8. The molecule has 0 aliphatic heterocycles. The lowest BCUT2D eigenvalue weighted by atomic mass is 10.1. The molecule has 0 aromatic rings. The number of carbonyl (C=O) groups excluding carboxylic acids is 1. The minimum Gasteiger partial charge on any atom is -0.444 e. The second-order valence-electron chi connectivity index (χ2n) is 7.52. The lowest BCUT2D eigenvalue weighted by Crippen LogP contribution is -2.50. The molecule has 0 rings (SSSR count). The van der Waals surface area contributed by atoms with Crippen LogP contribution in [0.2, 0.25) is 0 Å². The number of nitrogens with one attached hydrogen (secondary N) is 1. The van der Waals surface area contributed by atoms with Gasteiger partial charge in [0.2, 0.25) is 0 Å². The Balaban J connectivity index is 4.43. The Morgan fingerprint density at radius 1 is 1.24 bits per heavy atom. The molecule has 0 aliphatic carbocycles. The Kier molecular flexibility index (Phi) is 8.26. The minimum atomic E-state index is -0.484. The zero-order valence-corrected chi connectivity index (χ0v) is 14.8. The molecule has 0 saturated heterocycles. The van der Waals surface area contributed by atoms with Crippen molar-refractivity contribution in [3.05, 3.63) is 0 Å². The third-order valence-electron chi connectivity index (χ3n) is 3.05. The molecule has 0 aliphatic rings. The van der Waals surface area contributed by atoms with Crippen molar-refractivity contribution in [3.63, 3.8) is 0 Å². The first kappa shape index (κ1) is 20.2. The van der Waals surface area contributed by atoms with E-state index < -0.39 is 5.60 Å². The van der Waals surface area contributed by atoms with Gasteiger partial charge in [0.15, 0.2) is 0 Å². The lowest BCUT2D eigenvalue weighted by Gasteiger charge is -2.37. The van der Waals surface area contributed by atoms with Crippen molar-refractivity contribution in [2.75, 3.05) is 19.7 Å². The van der Waals surface area contributed by atoms with Crippen LogP contribution in [0.5, 0.6) is 0 Å². The van der Waals surface area contributed by atoms with Crippen LogP contribution < -0.4 is 5.32 Å². The summed E-state index contributed by atoms with van der Waals surface area (Å²) in [5.41, 5.74) is -0.763. The smallest absolute Gasteiger partial charge is 0.410 e. The highest BCUT2D eigenvalue weighted by Gasteiger charge is 2.30. The van der Waals surface area contributed by atoms with E-state index in [1.165, 1.54) is 0 Å². The summed E-state index contributed by atoms with van der Waals surface area (Å²) in [5, 5.41) is 12.2. The van der Waals surface area contributed by atoms with Crippen LogP contribution in [0.3, 0.4) is 0 Å². The van der Waals surface area contributed by atoms with Gasteiger partial charge in [0.25, 0.3) is 0 Å². The molecule has 0 saturated carbocycles. The van der Waals surface area contributed by atoms with Crippen LogP contribution in [0.25, 0.3) is 0 Å². The van der Waals surface area contributed by atoms with E-state index in [2.05, 4.69) is 12.2 Å². The van der Waals surface area contributed by atoms with Crippen molar-refractivity contribution in [3.8, 4) is 0 Å². The predicted molar refractivity (Wildman–Crippen MR) is 86.5 cm³/mol. The Labute approximate surface area is 130 Å². The van der Waals surface area contributed by atoms with E-state index in [-0.39, 0.29) is 18.2 Å². The molecule has 1 unspecified atom stereocenters. The highest BCUT2D eigenvalue weighted by molar-refractivity contribution is 5.69. The number of amides is 1. The average molecular weight is 302 g/mol. The summed E-state index contributed by atoms with van der Waals surface area (Å²) in [6.07, 6.45) is 1.45. The van der Waals surface area contributed by atoms with Gasteiger partial charge in [-0.3, -0.25) is 0 Å². The van der Waals surface area contributed by atoms with Crippen LogP contribution in [-0.2, 0) is 4.74 Å². The lowest BCUT2D eigenvalue weighted by molar-refractivity contribution is 0.00647. The van der Waals surface area contributed by atoms with Crippen LogP contribution in [0, 0.1) is 0 Å². The van der Waals surface area contributed by atoms with E-state index in [1.807, 2.05) is 41.5 Å². The van der Waals surface area contributed by atoms with Crippen LogP contribution in [-0.4, -0.2) is 53.0 Å². The first-order chi connectivity index (χ1) is 9.47.